The monoisotopic (exact) mass is 219 g/mol. The average molecular weight is 219 g/mol. The van der Waals surface area contributed by atoms with Crippen LogP contribution in [0.25, 0.3) is 0 Å². The molecule has 82 valence electrons. The van der Waals surface area contributed by atoms with Gasteiger partial charge < -0.3 is 21.0 Å². The molecule has 8 heteroatoms. The van der Waals surface area contributed by atoms with Crippen molar-refractivity contribution in [2.24, 2.45) is 0 Å². The number of aromatic nitrogens is 1. The molecule has 1 aromatic heterocycles. The van der Waals surface area contributed by atoms with Crippen molar-refractivity contribution < 1.29 is 18.8 Å². The van der Waals surface area contributed by atoms with E-state index in [4.69, 9.17) is 10.8 Å². The van der Waals surface area contributed by atoms with Gasteiger partial charge in [-0.2, -0.15) is 0 Å². The lowest BCUT2D eigenvalue weighted by Crippen LogP contribution is -2.06. The van der Waals surface area contributed by atoms with Crippen LogP contribution in [0.1, 0.15) is 17.7 Å². The molecule has 1 rings (SSSR count). The number of nitrogens with two attached hydrogens (primary N) is 1. The Labute approximate surface area is 82.5 Å². The second kappa shape index (κ2) is 4.13. The van der Waals surface area contributed by atoms with Crippen LogP contribution in [0.4, 0.5) is 20.3 Å². The van der Waals surface area contributed by atoms with Crippen molar-refractivity contribution >= 4 is 11.5 Å². The molecule has 0 saturated heterocycles. The fourth-order valence-corrected chi connectivity index (χ4v) is 1.04. The van der Waals surface area contributed by atoms with Crippen molar-refractivity contribution in [2.45, 2.75) is 13.0 Å². The molecule has 0 bridgehead atoms. The maximum absolute atomic E-state index is 12.4. The van der Waals surface area contributed by atoms with Crippen molar-refractivity contribution in [2.75, 3.05) is 5.73 Å². The minimum Gasteiger partial charge on any atom is -0.398 e. The summed E-state index contributed by atoms with van der Waals surface area (Å²) in [7, 11) is 0. The quantitative estimate of drug-likeness (QED) is 0.583. The molecule has 0 saturated carbocycles. The highest BCUT2D eigenvalue weighted by Gasteiger charge is 2.25. The van der Waals surface area contributed by atoms with Gasteiger partial charge in [-0.25, -0.2) is 8.78 Å². The lowest BCUT2D eigenvalue weighted by atomic mass is 10.1. The summed E-state index contributed by atoms with van der Waals surface area (Å²) in [5, 5.41) is 19.1. The molecule has 0 atom stereocenters. The van der Waals surface area contributed by atoms with E-state index in [-0.39, 0.29) is 11.3 Å². The number of nitrogens with zero attached hydrogens (tertiary/aromatic N) is 2. The van der Waals surface area contributed by atoms with Crippen LogP contribution in [-0.2, 0) is 6.61 Å². The van der Waals surface area contributed by atoms with Crippen molar-refractivity contribution in [1.29, 1.82) is 0 Å². The number of aliphatic hydroxyl groups excluding tert-OH is 1. The van der Waals surface area contributed by atoms with Gasteiger partial charge in [0.2, 0.25) is 5.69 Å². The zero-order valence-electron chi connectivity index (χ0n) is 7.35. The third-order valence-corrected chi connectivity index (χ3v) is 1.73. The Hall–Kier alpha value is -1.83. The van der Waals surface area contributed by atoms with Crippen molar-refractivity contribution in [3.05, 3.63) is 27.4 Å². The van der Waals surface area contributed by atoms with E-state index in [9.17, 15) is 18.9 Å². The van der Waals surface area contributed by atoms with Gasteiger partial charge in [0.1, 0.15) is 0 Å². The Bertz CT molecular complexity index is 397. The largest absolute Gasteiger partial charge is 0.398 e. The predicted molar refractivity (Wildman–Crippen MR) is 46.2 cm³/mol. The molecule has 1 heterocycles. The minimum absolute atomic E-state index is 0.269. The smallest absolute Gasteiger partial charge is 0.366 e. The maximum atomic E-state index is 12.4. The maximum Gasteiger partial charge on any atom is 0.366 e. The van der Waals surface area contributed by atoms with Gasteiger partial charge in [-0.05, 0) is 9.91 Å². The Morgan fingerprint density at radius 1 is 1.67 bits per heavy atom. The highest BCUT2D eigenvalue weighted by Crippen LogP contribution is 2.28. The van der Waals surface area contributed by atoms with Crippen LogP contribution in [0.15, 0.2) is 6.07 Å². The van der Waals surface area contributed by atoms with Crippen LogP contribution in [-0.4, -0.2) is 15.0 Å². The Morgan fingerprint density at radius 2 is 2.27 bits per heavy atom. The Morgan fingerprint density at radius 3 is 2.67 bits per heavy atom. The van der Waals surface area contributed by atoms with E-state index >= 15 is 0 Å². The molecule has 6 nitrogen and oxygen atoms in total. The molecule has 0 amide bonds. The Kier molecular flexibility index (Phi) is 3.10. The first-order chi connectivity index (χ1) is 6.97. The van der Waals surface area contributed by atoms with Crippen LogP contribution in [0.3, 0.4) is 0 Å². The summed E-state index contributed by atoms with van der Waals surface area (Å²) in [6.07, 6.45) is -3.02. The molecular weight excluding hydrogens is 212 g/mol. The van der Waals surface area contributed by atoms with Crippen LogP contribution in [0, 0.1) is 10.1 Å². The lowest BCUT2D eigenvalue weighted by Gasteiger charge is -2.05. The molecule has 0 unspecified atom stereocenters. The fraction of sp³-hybridized carbons (Fsp3) is 0.286. The molecule has 0 aliphatic rings. The van der Waals surface area contributed by atoms with Crippen molar-refractivity contribution in [3.8, 4) is 0 Å². The van der Waals surface area contributed by atoms with E-state index in [1.54, 1.807) is 0 Å². The molecule has 3 N–H and O–H groups in total. The normalized spacial score (nSPS) is 10.7. The van der Waals surface area contributed by atoms with E-state index in [2.05, 4.69) is 4.98 Å². The number of halogens is 2. The first-order valence-corrected chi connectivity index (χ1v) is 3.80. The van der Waals surface area contributed by atoms with Crippen LogP contribution in [0.5, 0.6) is 0 Å². The first-order valence-electron chi connectivity index (χ1n) is 3.80. The standard InChI is InChI=1S/C7H7F2N3O3/c8-7(9)6-3(2-13)4(10)1-5(11-6)12(14)15/h1,7,13H,2H2,(H2,10,11). The summed E-state index contributed by atoms with van der Waals surface area (Å²) in [6.45, 7) is -0.740. The van der Waals surface area contributed by atoms with Gasteiger partial charge in [0.25, 0.3) is 0 Å². The second-order valence-electron chi connectivity index (χ2n) is 2.65. The SMILES string of the molecule is Nc1cc([N+](=O)[O-])nc(C(F)F)c1CO. The van der Waals surface area contributed by atoms with Gasteiger partial charge in [0.15, 0.2) is 0 Å². The third kappa shape index (κ3) is 2.15. The number of aliphatic hydroxyl groups is 1. The number of hydrogen-bond donors (Lipinski definition) is 2. The lowest BCUT2D eigenvalue weighted by molar-refractivity contribution is -0.389. The van der Waals surface area contributed by atoms with E-state index in [1.807, 2.05) is 0 Å². The second-order valence-corrected chi connectivity index (χ2v) is 2.65. The van der Waals surface area contributed by atoms with Crippen LogP contribution < -0.4 is 5.73 Å². The molecule has 0 spiro atoms. The summed E-state index contributed by atoms with van der Waals surface area (Å²) in [5.74, 6) is -0.764. The minimum atomic E-state index is -3.02. The zero-order chi connectivity index (χ0) is 11.6. The van der Waals surface area contributed by atoms with E-state index in [0.29, 0.717) is 0 Å². The van der Waals surface area contributed by atoms with E-state index in [0.717, 1.165) is 6.07 Å². The average Bonchev–Trinajstić information content (AvgIpc) is 2.16. The summed E-state index contributed by atoms with van der Waals surface area (Å²) in [4.78, 5) is 12.5. The third-order valence-electron chi connectivity index (χ3n) is 1.73. The molecule has 0 aliphatic carbocycles. The summed E-state index contributed by atoms with van der Waals surface area (Å²) >= 11 is 0. The first kappa shape index (κ1) is 11.2. The molecule has 0 aromatic carbocycles. The van der Waals surface area contributed by atoms with Gasteiger partial charge in [0.05, 0.1) is 18.2 Å². The Balaban J connectivity index is 3.38. The van der Waals surface area contributed by atoms with Gasteiger partial charge in [0, 0.05) is 5.69 Å². The van der Waals surface area contributed by atoms with Gasteiger partial charge >= 0.3 is 12.2 Å². The summed E-state index contributed by atoms with van der Waals surface area (Å²) < 4.78 is 24.8. The molecule has 15 heavy (non-hydrogen) atoms. The van der Waals surface area contributed by atoms with Crippen molar-refractivity contribution in [1.82, 2.24) is 4.98 Å². The topological polar surface area (TPSA) is 102 Å². The number of hydrogen-bond acceptors (Lipinski definition) is 5. The van der Waals surface area contributed by atoms with Crippen molar-refractivity contribution in [3.63, 3.8) is 0 Å². The number of rotatable bonds is 3. The number of nitrogen functional groups attached to an aromatic ring is 1. The highest BCUT2D eigenvalue weighted by molar-refractivity contribution is 5.53. The van der Waals surface area contributed by atoms with Gasteiger partial charge in [-0.15, -0.1) is 0 Å². The summed E-state index contributed by atoms with van der Waals surface area (Å²) in [5.41, 5.74) is 3.86. The van der Waals surface area contributed by atoms with Crippen LogP contribution in [0.2, 0.25) is 0 Å². The molecule has 1 aromatic rings. The predicted octanol–water partition coefficient (Wildman–Crippen LogP) is 1.00. The number of alkyl halides is 2. The number of pyridine rings is 1. The molecular formula is C7H7F2N3O3. The highest BCUT2D eigenvalue weighted by atomic mass is 19.3. The molecule has 0 fully saturated rings. The molecule has 0 aliphatic heterocycles. The zero-order valence-corrected chi connectivity index (χ0v) is 7.35. The number of anilines is 1. The van der Waals surface area contributed by atoms with Gasteiger partial charge in [-0.3, -0.25) is 0 Å². The van der Waals surface area contributed by atoms with E-state index in [1.165, 1.54) is 0 Å². The number of nitro groups is 1. The van der Waals surface area contributed by atoms with E-state index < -0.39 is 29.5 Å². The molecule has 0 radical (unpaired) electrons. The fourth-order valence-electron chi connectivity index (χ4n) is 1.04. The summed E-state index contributed by atoms with van der Waals surface area (Å²) in [6, 6.07) is 0.831. The van der Waals surface area contributed by atoms with Gasteiger partial charge in [-0.1, -0.05) is 0 Å². The van der Waals surface area contributed by atoms with Crippen LogP contribution >= 0.6 is 0 Å².